The number of carbonyl (C=O) groups is 2. The fourth-order valence-corrected chi connectivity index (χ4v) is 1.92. The molecule has 0 radical (unpaired) electrons. The van der Waals surface area contributed by atoms with Crippen molar-refractivity contribution >= 4 is 29.2 Å². The van der Waals surface area contributed by atoms with Crippen LogP contribution in [-0.2, 0) is 14.3 Å². The number of esters is 1. The summed E-state index contributed by atoms with van der Waals surface area (Å²) < 4.78 is 36.6. The van der Waals surface area contributed by atoms with Gasteiger partial charge < -0.3 is 14.8 Å². The molecular formula is C17H14ClF2NO4. The quantitative estimate of drug-likeness (QED) is 0.791. The molecule has 0 spiro atoms. The van der Waals surface area contributed by atoms with Crippen molar-refractivity contribution < 1.29 is 27.8 Å². The fourth-order valence-electron chi connectivity index (χ4n) is 1.80. The van der Waals surface area contributed by atoms with Gasteiger partial charge in [0.25, 0.3) is 5.91 Å². The van der Waals surface area contributed by atoms with Crippen molar-refractivity contribution in [1.29, 1.82) is 0 Å². The van der Waals surface area contributed by atoms with Gasteiger partial charge in [0, 0.05) is 11.1 Å². The Balaban J connectivity index is 1.83. The lowest BCUT2D eigenvalue weighted by molar-refractivity contribution is -0.153. The van der Waals surface area contributed by atoms with Gasteiger partial charge in [0.15, 0.2) is 12.7 Å². The molecule has 0 aliphatic rings. The average molecular weight is 370 g/mol. The minimum atomic E-state index is -0.972. The molecule has 2 aromatic rings. The van der Waals surface area contributed by atoms with Gasteiger partial charge in [0.2, 0.25) is 0 Å². The van der Waals surface area contributed by atoms with Crippen molar-refractivity contribution in [1.82, 2.24) is 0 Å². The second-order valence-electron chi connectivity index (χ2n) is 4.99. The molecule has 2 rings (SSSR count). The maximum absolute atomic E-state index is 13.4. The third-order valence-corrected chi connectivity index (χ3v) is 3.26. The highest BCUT2D eigenvalue weighted by Crippen LogP contribution is 2.17. The second-order valence-corrected chi connectivity index (χ2v) is 5.43. The van der Waals surface area contributed by atoms with E-state index in [0.717, 1.165) is 18.2 Å². The van der Waals surface area contributed by atoms with Gasteiger partial charge in [-0.1, -0.05) is 11.6 Å². The predicted molar refractivity (Wildman–Crippen MR) is 87.5 cm³/mol. The number of rotatable bonds is 6. The molecule has 5 nitrogen and oxygen atoms in total. The van der Waals surface area contributed by atoms with Gasteiger partial charge in [0.05, 0.1) is 5.69 Å². The Morgan fingerprint density at radius 2 is 1.84 bits per heavy atom. The fraction of sp³-hybridized carbons (Fsp3) is 0.176. The zero-order chi connectivity index (χ0) is 18.4. The van der Waals surface area contributed by atoms with Crippen molar-refractivity contribution in [3.8, 4) is 5.75 Å². The number of anilines is 1. The van der Waals surface area contributed by atoms with Crippen molar-refractivity contribution in [2.24, 2.45) is 0 Å². The van der Waals surface area contributed by atoms with E-state index >= 15 is 0 Å². The molecule has 0 heterocycles. The van der Waals surface area contributed by atoms with Crippen LogP contribution in [0.4, 0.5) is 14.5 Å². The molecule has 0 saturated carbocycles. The molecule has 1 unspecified atom stereocenters. The van der Waals surface area contributed by atoms with E-state index in [2.05, 4.69) is 5.32 Å². The first kappa shape index (κ1) is 18.7. The van der Waals surface area contributed by atoms with Crippen LogP contribution in [-0.4, -0.2) is 24.6 Å². The molecule has 8 heteroatoms. The first-order chi connectivity index (χ1) is 11.8. The molecule has 0 aliphatic carbocycles. The van der Waals surface area contributed by atoms with Crippen LogP contribution in [0.15, 0.2) is 42.5 Å². The van der Waals surface area contributed by atoms with E-state index < -0.39 is 36.2 Å². The third kappa shape index (κ3) is 5.72. The molecule has 132 valence electrons. The van der Waals surface area contributed by atoms with Gasteiger partial charge in [-0.25, -0.2) is 13.6 Å². The molecule has 1 N–H and O–H groups in total. The first-order valence-corrected chi connectivity index (χ1v) is 7.56. The summed E-state index contributed by atoms with van der Waals surface area (Å²) in [5.41, 5.74) is -0.341. The number of benzene rings is 2. The zero-order valence-corrected chi connectivity index (χ0v) is 13.8. The van der Waals surface area contributed by atoms with E-state index in [1.807, 2.05) is 0 Å². The Hall–Kier alpha value is -2.67. The molecule has 0 aliphatic heterocycles. The Labute approximate surface area is 147 Å². The number of nitrogens with one attached hydrogen (secondary N) is 1. The number of hydrogen-bond acceptors (Lipinski definition) is 4. The first-order valence-electron chi connectivity index (χ1n) is 7.19. The maximum atomic E-state index is 13.4. The molecule has 1 amide bonds. The largest absolute Gasteiger partial charge is 0.479 e. The summed E-state index contributed by atoms with van der Waals surface area (Å²) in [7, 11) is 0. The molecule has 0 fully saturated rings. The van der Waals surface area contributed by atoms with E-state index in [-0.39, 0.29) is 5.69 Å². The van der Waals surface area contributed by atoms with Crippen LogP contribution in [0.1, 0.15) is 6.92 Å². The molecule has 2 aromatic carbocycles. The molecule has 0 saturated heterocycles. The average Bonchev–Trinajstić information content (AvgIpc) is 2.58. The third-order valence-electron chi connectivity index (χ3n) is 3.01. The zero-order valence-electron chi connectivity index (χ0n) is 13.1. The van der Waals surface area contributed by atoms with Crippen molar-refractivity contribution in [2.75, 3.05) is 11.9 Å². The Kier molecular flexibility index (Phi) is 6.30. The number of ether oxygens (including phenoxy) is 2. The van der Waals surface area contributed by atoms with E-state index in [9.17, 15) is 18.4 Å². The minimum Gasteiger partial charge on any atom is -0.479 e. The van der Waals surface area contributed by atoms with Crippen LogP contribution in [0.25, 0.3) is 0 Å². The standard InChI is InChI=1S/C17H14ClF2NO4/c1-10(25-13-5-2-11(18)3-6-13)17(23)24-9-16(22)21-15-8-12(19)4-7-14(15)20/h2-8,10H,9H2,1H3,(H,21,22). The summed E-state index contributed by atoms with van der Waals surface area (Å²) in [6.45, 7) is 0.782. The van der Waals surface area contributed by atoms with Crippen LogP contribution in [0.2, 0.25) is 5.02 Å². The van der Waals surface area contributed by atoms with Crippen LogP contribution < -0.4 is 10.1 Å². The van der Waals surface area contributed by atoms with Crippen LogP contribution in [0.5, 0.6) is 5.75 Å². The summed E-state index contributed by atoms with van der Waals surface area (Å²) in [6.07, 6.45) is -0.972. The SMILES string of the molecule is CC(Oc1ccc(Cl)cc1)C(=O)OCC(=O)Nc1cc(F)ccc1F. The van der Waals surface area contributed by atoms with Gasteiger partial charge in [-0.3, -0.25) is 4.79 Å². The number of halogens is 3. The smallest absolute Gasteiger partial charge is 0.347 e. The van der Waals surface area contributed by atoms with Gasteiger partial charge in [-0.15, -0.1) is 0 Å². The van der Waals surface area contributed by atoms with E-state index in [1.54, 1.807) is 24.3 Å². The highest BCUT2D eigenvalue weighted by Gasteiger charge is 2.18. The lowest BCUT2D eigenvalue weighted by Gasteiger charge is -2.14. The summed E-state index contributed by atoms with van der Waals surface area (Å²) in [5, 5.41) is 2.63. The molecule has 0 aromatic heterocycles. The van der Waals surface area contributed by atoms with E-state index in [1.165, 1.54) is 6.92 Å². The van der Waals surface area contributed by atoms with E-state index in [0.29, 0.717) is 10.8 Å². The highest BCUT2D eigenvalue weighted by atomic mass is 35.5. The van der Waals surface area contributed by atoms with Crippen molar-refractivity contribution in [3.63, 3.8) is 0 Å². The van der Waals surface area contributed by atoms with E-state index in [4.69, 9.17) is 21.1 Å². The van der Waals surface area contributed by atoms with Gasteiger partial charge in [-0.2, -0.15) is 0 Å². The van der Waals surface area contributed by atoms with Gasteiger partial charge in [0.1, 0.15) is 17.4 Å². The summed E-state index contributed by atoms with van der Waals surface area (Å²) in [5.74, 6) is -2.71. The Bertz CT molecular complexity index is 768. The Morgan fingerprint density at radius 3 is 2.52 bits per heavy atom. The minimum absolute atomic E-state index is 0.341. The number of carbonyl (C=O) groups excluding carboxylic acids is 2. The lowest BCUT2D eigenvalue weighted by atomic mass is 10.3. The van der Waals surface area contributed by atoms with Crippen molar-refractivity contribution in [3.05, 3.63) is 59.1 Å². The normalized spacial score (nSPS) is 11.5. The Morgan fingerprint density at radius 1 is 1.16 bits per heavy atom. The number of amides is 1. The molecule has 1 atom stereocenters. The highest BCUT2D eigenvalue weighted by molar-refractivity contribution is 6.30. The molecule has 25 heavy (non-hydrogen) atoms. The summed E-state index contributed by atoms with van der Waals surface area (Å²) in [6, 6.07) is 8.95. The van der Waals surface area contributed by atoms with Crippen LogP contribution in [0, 0.1) is 11.6 Å². The lowest BCUT2D eigenvalue weighted by Crippen LogP contribution is -2.29. The van der Waals surface area contributed by atoms with Crippen LogP contribution in [0.3, 0.4) is 0 Å². The topological polar surface area (TPSA) is 64.6 Å². The summed E-state index contributed by atoms with van der Waals surface area (Å²) >= 11 is 5.74. The van der Waals surface area contributed by atoms with Gasteiger partial charge in [-0.05, 0) is 43.3 Å². The van der Waals surface area contributed by atoms with Gasteiger partial charge >= 0.3 is 5.97 Å². The summed E-state index contributed by atoms with van der Waals surface area (Å²) in [4.78, 5) is 23.5. The predicted octanol–water partition coefficient (Wildman–Crippen LogP) is 3.57. The van der Waals surface area contributed by atoms with Crippen LogP contribution >= 0.6 is 11.6 Å². The maximum Gasteiger partial charge on any atom is 0.347 e. The second kappa shape index (κ2) is 8.43. The number of hydrogen-bond donors (Lipinski definition) is 1. The monoisotopic (exact) mass is 369 g/mol. The molecule has 0 bridgehead atoms. The molecular weight excluding hydrogens is 356 g/mol. The van der Waals surface area contributed by atoms with Crippen molar-refractivity contribution in [2.45, 2.75) is 13.0 Å².